The number of carbonyl (C=O) groups excluding carboxylic acids is 2. The maximum atomic E-state index is 11.8. The molecule has 7 heteroatoms. The highest BCUT2D eigenvalue weighted by atomic mass is 35.5. The SMILES string of the molecule is COc1ccc(CNC(=O)COC(=O)CCCOc2ccc(Cl)cc2C)cc1. The predicted octanol–water partition coefficient (Wildman–Crippen LogP) is 3.68. The Kier molecular flexibility index (Phi) is 8.62. The number of halogens is 1. The Balaban J connectivity index is 1.58. The minimum atomic E-state index is -0.434. The number of methoxy groups -OCH3 is 1. The third-order valence-electron chi connectivity index (χ3n) is 3.93. The second-order valence-electron chi connectivity index (χ2n) is 6.15. The molecule has 28 heavy (non-hydrogen) atoms. The number of carbonyl (C=O) groups is 2. The van der Waals surface area contributed by atoms with E-state index in [4.69, 9.17) is 25.8 Å². The summed E-state index contributed by atoms with van der Waals surface area (Å²) in [5.74, 6) is 0.697. The van der Waals surface area contributed by atoms with Gasteiger partial charge < -0.3 is 19.5 Å². The van der Waals surface area contributed by atoms with Crippen molar-refractivity contribution in [3.05, 3.63) is 58.6 Å². The zero-order chi connectivity index (χ0) is 20.4. The molecule has 2 rings (SSSR count). The van der Waals surface area contributed by atoms with E-state index in [-0.39, 0.29) is 18.9 Å². The molecule has 0 spiro atoms. The van der Waals surface area contributed by atoms with Crippen LogP contribution >= 0.6 is 11.6 Å². The lowest BCUT2D eigenvalue weighted by Gasteiger charge is -2.09. The van der Waals surface area contributed by atoms with Crippen molar-refractivity contribution in [1.82, 2.24) is 5.32 Å². The number of aryl methyl sites for hydroxylation is 1. The van der Waals surface area contributed by atoms with Gasteiger partial charge in [0, 0.05) is 18.0 Å². The summed E-state index contributed by atoms with van der Waals surface area (Å²) in [5.41, 5.74) is 1.86. The molecular formula is C21H24ClNO5. The van der Waals surface area contributed by atoms with Crippen LogP contribution in [0.4, 0.5) is 0 Å². The molecule has 2 aromatic rings. The average molecular weight is 406 g/mol. The van der Waals surface area contributed by atoms with Crippen molar-refractivity contribution in [3.8, 4) is 11.5 Å². The van der Waals surface area contributed by atoms with Crippen LogP contribution in [0, 0.1) is 6.92 Å². The van der Waals surface area contributed by atoms with E-state index in [1.165, 1.54) is 0 Å². The van der Waals surface area contributed by atoms with Gasteiger partial charge in [0.05, 0.1) is 13.7 Å². The number of ether oxygens (including phenoxy) is 3. The van der Waals surface area contributed by atoms with Crippen LogP contribution in [0.3, 0.4) is 0 Å². The van der Waals surface area contributed by atoms with Gasteiger partial charge in [0.2, 0.25) is 0 Å². The molecule has 150 valence electrons. The maximum absolute atomic E-state index is 11.8. The summed E-state index contributed by atoms with van der Waals surface area (Å²) in [6.45, 7) is 2.34. The van der Waals surface area contributed by atoms with E-state index in [2.05, 4.69) is 5.32 Å². The van der Waals surface area contributed by atoms with Crippen LogP contribution < -0.4 is 14.8 Å². The standard InChI is InChI=1S/C21H24ClNO5/c1-15-12-17(22)7-10-19(15)27-11-3-4-21(25)28-14-20(24)23-13-16-5-8-18(26-2)9-6-16/h5-10,12H,3-4,11,13-14H2,1-2H3,(H,23,24). The molecule has 0 heterocycles. The molecule has 1 N–H and O–H groups in total. The van der Waals surface area contributed by atoms with Gasteiger partial charge in [-0.25, -0.2) is 0 Å². The zero-order valence-corrected chi connectivity index (χ0v) is 16.8. The number of esters is 1. The van der Waals surface area contributed by atoms with Crippen molar-refractivity contribution in [2.75, 3.05) is 20.3 Å². The minimum Gasteiger partial charge on any atom is -0.497 e. The van der Waals surface area contributed by atoms with E-state index in [1.54, 1.807) is 19.2 Å². The van der Waals surface area contributed by atoms with E-state index in [1.807, 2.05) is 37.3 Å². The van der Waals surface area contributed by atoms with Gasteiger partial charge in [0.15, 0.2) is 6.61 Å². The van der Waals surface area contributed by atoms with Gasteiger partial charge in [-0.1, -0.05) is 23.7 Å². The molecule has 0 aliphatic rings. The predicted molar refractivity (Wildman–Crippen MR) is 107 cm³/mol. The molecule has 0 bridgehead atoms. The normalized spacial score (nSPS) is 10.2. The van der Waals surface area contributed by atoms with Crippen LogP contribution in [0.1, 0.15) is 24.0 Å². The molecule has 0 aliphatic carbocycles. The molecule has 0 aliphatic heterocycles. The molecule has 0 saturated heterocycles. The highest BCUT2D eigenvalue weighted by Crippen LogP contribution is 2.21. The maximum Gasteiger partial charge on any atom is 0.306 e. The van der Waals surface area contributed by atoms with Gasteiger partial charge >= 0.3 is 5.97 Å². The first-order chi connectivity index (χ1) is 13.5. The largest absolute Gasteiger partial charge is 0.497 e. The van der Waals surface area contributed by atoms with Crippen molar-refractivity contribution in [1.29, 1.82) is 0 Å². The Morgan fingerprint density at radius 1 is 1.11 bits per heavy atom. The quantitative estimate of drug-likeness (QED) is 0.482. The summed E-state index contributed by atoms with van der Waals surface area (Å²) in [6, 6.07) is 12.7. The van der Waals surface area contributed by atoms with Gasteiger partial charge in [-0.05, 0) is 54.8 Å². The molecule has 0 atom stereocenters. The molecule has 0 radical (unpaired) electrons. The Labute approximate surface area is 169 Å². The minimum absolute atomic E-state index is 0.179. The molecule has 2 aromatic carbocycles. The van der Waals surface area contributed by atoms with Crippen LogP contribution in [0.15, 0.2) is 42.5 Å². The molecule has 0 aromatic heterocycles. The summed E-state index contributed by atoms with van der Waals surface area (Å²) in [6.07, 6.45) is 0.673. The summed E-state index contributed by atoms with van der Waals surface area (Å²) < 4.78 is 15.7. The van der Waals surface area contributed by atoms with Crippen LogP contribution in [-0.4, -0.2) is 32.2 Å². The lowest BCUT2D eigenvalue weighted by Crippen LogP contribution is -2.28. The highest BCUT2D eigenvalue weighted by Gasteiger charge is 2.08. The Morgan fingerprint density at radius 3 is 2.54 bits per heavy atom. The fourth-order valence-corrected chi connectivity index (χ4v) is 2.61. The molecule has 1 amide bonds. The van der Waals surface area contributed by atoms with Gasteiger partial charge in [-0.15, -0.1) is 0 Å². The van der Waals surface area contributed by atoms with Crippen LogP contribution in [0.2, 0.25) is 5.02 Å². The van der Waals surface area contributed by atoms with Gasteiger partial charge in [-0.2, -0.15) is 0 Å². The summed E-state index contributed by atoms with van der Waals surface area (Å²) in [7, 11) is 1.59. The van der Waals surface area contributed by atoms with Crippen molar-refractivity contribution in [2.45, 2.75) is 26.3 Å². The van der Waals surface area contributed by atoms with E-state index in [0.29, 0.717) is 24.6 Å². The van der Waals surface area contributed by atoms with Crippen molar-refractivity contribution >= 4 is 23.5 Å². The smallest absolute Gasteiger partial charge is 0.306 e. The Bertz CT molecular complexity index is 792. The van der Waals surface area contributed by atoms with Crippen molar-refractivity contribution in [3.63, 3.8) is 0 Å². The zero-order valence-electron chi connectivity index (χ0n) is 16.0. The van der Waals surface area contributed by atoms with E-state index < -0.39 is 5.97 Å². The van der Waals surface area contributed by atoms with E-state index in [0.717, 1.165) is 22.6 Å². The number of rotatable bonds is 10. The van der Waals surface area contributed by atoms with Gasteiger partial charge in [0.25, 0.3) is 5.91 Å². The number of nitrogens with one attached hydrogen (secondary N) is 1. The summed E-state index contributed by atoms with van der Waals surface area (Å²) in [4.78, 5) is 23.5. The van der Waals surface area contributed by atoms with Crippen LogP contribution in [0.25, 0.3) is 0 Å². The number of amides is 1. The summed E-state index contributed by atoms with van der Waals surface area (Å²) >= 11 is 5.90. The molecule has 0 saturated carbocycles. The van der Waals surface area contributed by atoms with E-state index >= 15 is 0 Å². The lowest BCUT2D eigenvalue weighted by molar-refractivity contribution is -0.148. The molecule has 0 fully saturated rings. The van der Waals surface area contributed by atoms with Crippen LogP contribution in [-0.2, 0) is 20.9 Å². The molecule has 0 unspecified atom stereocenters. The number of benzene rings is 2. The number of hydrogen-bond acceptors (Lipinski definition) is 5. The Hall–Kier alpha value is -2.73. The fourth-order valence-electron chi connectivity index (χ4n) is 2.39. The van der Waals surface area contributed by atoms with Crippen molar-refractivity contribution in [2.24, 2.45) is 0 Å². The topological polar surface area (TPSA) is 73.9 Å². The first-order valence-corrected chi connectivity index (χ1v) is 9.30. The lowest BCUT2D eigenvalue weighted by atomic mass is 10.2. The number of hydrogen-bond donors (Lipinski definition) is 1. The fraction of sp³-hybridized carbons (Fsp3) is 0.333. The van der Waals surface area contributed by atoms with Crippen molar-refractivity contribution < 1.29 is 23.8 Å². The molecule has 6 nitrogen and oxygen atoms in total. The highest BCUT2D eigenvalue weighted by molar-refractivity contribution is 6.30. The summed E-state index contributed by atoms with van der Waals surface area (Å²) in [5, 5.41) is 3.35. The van der Waals surface area contributed by atoms with Crippen LogP contribution in [0.5, 0.6) is 11.5 Å². The van der Waals surface area contributed by atoms with Gasteiger partial charge in [-0.3, -0.25) is 9.59 Å². The first-order valence-electron chi connectivity index (χ1n) is 8.92. The second-order valence-corrected chi connectivity index (χ2v) is 6.58. The first kappa shape index (κ1) is 21.6. The monoisotopic (exact) mass is 405 g/mol. The van der Waals surface area contributed by atoms with E-state index in [9.17, 15) is 9.59 Å². The Morgan fingerprint density at radius 2 is 1.86 bits per heavy atom. The molecular weight excluding hydrogens is 382 g/mol. The second kappa shape index (κ2) is 11.2. The van der Waals surface area contributed by atoms with Gasteiger partial charge in [0.1, 0.15) is 11.5 Å². The third-order valence-corrected chi connectivity index (χ3v) is 4.17. The third kappa shape index (κ3) is 7.48. The average Bonchev–Trinajstić information content (AvgIpc) is 2.69.